The van der Waals surface area contributed by atoms with Crippen LogP contribution in [0.2, 0.25) is 0 Å². The summed E-state index contributed by atoms with van der Waals surface area (Å²) >= 11 is 0. The third-order valence-electron chi connectivity index (χ3n) is 9.63. The van der Waals surface area contributed by atoms with Crippen molar-refractivity contribution in [1.29, 1.82) is 0 Å². The van der Waals surface area contributed by atoms with Gasteiger partial charge in [0.05, 0.1) is 22.1 Å². The highest BCUT2D eigenvalue weighted by Crippen LogP contribution is 2.37. The Morgan fingerprint density at radius 3 is 1.20 bits per heavy atom. The maximum Gasteiger partial charge on any atom is 0.182 e. The van der Waals surface area contributed by atoms with Gasteiger partial charge in [-0.2, -0.15) is 0 Å². The lowest BCUT2D eigenvalue weighted by Crippen LogP contribution is -2.02. The van der Waals surface area contributed by atoms with E-state index in [1.165, 1.54) is 21.5 Å². The van der Waals surface area contributed by atoms with Gasteiger partial charge in [-0.1, -0.05) is 127 Å². The molecule has 50 heavy (non-hydrogen) atoms. The molecule has 3 aromatic heterocycles. The van der Waals surface area contributed by atoms with Crippen molar-refractivity contribution in [3.8, 4) is 45.3 Å². The predicted molar refractivity (Wildman–Crippen MR) is 205 cm³/mol. The third kappa shape index (κ3) is 4.45. The Hall–Kier alpha value is -6.85. The number of para-hydroxylation sites is 4. The van der Waals surface area contributed by atoms with E-state index in [2.05, 4.69) is 160 Å². The van der Waals surface area contributed by atoms with Crippen molar-refractivity contribution in [2.24, 2.45) is 0 Å². The topological polar surface area (TPSA) is 48.5 Å². The van der Waals surface area contributed by atoms with Gasteiger partial charge in [0.1, 0.15) is 11.4 Å². The summed E-state index contributed by atoms with van der Waals surface area (Å²) in [5.74, 6) is 0.588. The number of fused-ring (bicyclic) bond motifs is 6. The molecule has 5 nitrogen and oxygen atoms in total. The van der Waals surface area contributed by atoms with Crippen molar-refractivity contribution in [3.63, 3.8) is 0 Å². The SMILES string of the molecule is c1ccc(-c2nnc(-c3cccc(-n4c5ccccc5c5ccccc54)c3)c(-c3cccc(-n4c5ccccc5c5ccccc54)c3)n2)cc1. The van der Waals surface area contributed by atoms with Crippen LogP contribution in [-0.4, -0.2) is 24.3 Å². The molecule has 0 radical (unpaired) electrons. The summed E-state index contributed by atoms with van der Waals surface area (Å²) < 4.78 is 4.67. The minimum Gasteiger partial charge on any atom is -0.309 e. The van der Waals surface area contributed by atoms with Gasteiger partial charge in [-0.15, -0.1) is 10.2 Å². The molecule has 0 amide bonds. The molecule has 0 aliphatic rings. The normalized spacial score (nSPS) is 11.6. The fourth-order valence-corrected chi connectivity index (χ4v) is 7.42. The van der Waals surface area contributed by atoms with Gasteiger partial charge in [0.25, 0.3) is 0 Å². The zero-order valence-corrected chi connectivity index (χ0v) is 27.0. The van der Waals surface area contributed by atoms with Gasteiger partial charge < -0.3 is 9.13 Å². The van der Waals surface area contributed by atoms with Crippen molar-refractivity contribution < 1.29 is 0 Å². The largest absolute Gasteiger partial charge is 0.309 e. The van der Waals surface area contributed by atoms with E-state index in [0.29, 0.717) is 5.82 Å². The summed E-state index contributed by atoms with van der Waals surface area (Å²) in [6, 6.07) is 61.6. The molecule has 0 atom stereocenters. The number of hydrogen-bond acceptors (Lipinski definition) is 3. The average Bonchev–Trinajstić information content (AvgIpc) is 3.71. The van der Waals surface area contributed by atoms with Gasteiger partial charge in [-0.25, -0.2) is 4.98 Å². The number of aromatic nitrogens is 5. The number of hydrogen-bond donors (Lipinski definition) is 0. The maximum absolute atomic E-state index is 5.24. The van der Waals surface area contributed by atoms with Gasteiger partial charge in [0, 0.05) is 49.6 Å². The molecule has 0 bridgehead atoms. The van der Waals surface area contributed by atoms with Crippen LogP contribution in [0.25, 0.3) is 88.9 Å². The van der Waals surface area contributed by atoms with Crippen LogP contribution in [0, 0.1) is 0 Å². The average molecular weight is 640 g/mol. The maximum atomic E-state index is 5.24. The van der Waals surface area contributed by atoms with Gasteiger partial charge in [-0.3, -0.25) is 0 Å². The van der Waals surface area contributed by atoms with E-state index in [1.807, 2.05) is 30.3 Å². The van der Waals surface area contributed by atoms with E-state index in [0.717, 1.165) is 61.5 Å². The number of benzene rings is 7. The summed E-state index contributed by atoms with van der Waals surface area (Å²) in [5.41, 5.74) is 11.1. The summed E-state index contributed by atoms with van der Waals surface area (Å²) in [4.78, 5) is 5.24. The minimum atomic E-state index is 0.588. The number of nitrogens with zero attached hydrogens (tertiary/aromatic N) is 5. The number of rotatable bonds is 5. The molecule has 0 saturated heterocycles. The molecular formula is C45H29N5. The molecular weight excluding hydrogens is 611 g/mol. The molecule has 0 saturated carbocycles. The second kappa shape index (κ2) is 11.4. The van der Waals surface area contributed by atoms with E-state index in [9.17, 15) is 0 Å². The van der Waals surface area contributed by atoms with Crippen LogP contribution in [-0.2, 0) is 0 Å². The van der Waals surface area contributed by atoms with Crippen molar-refractivity contribution in [1.82, 2.24) is 24.3 Å². The van der Waals surface area contributed by atoms with E-state index in [-0.39, 0.29) is 0 Å². The molecule has 10 rings (SSSR count). The first-order valence-electron chi connectivity index (χ1n) is 16.8. The molecule has 0 N–H and O–H groups in total. The quantitative estimate of drug-likeness (QED) is 0.188. The van der Waals surface area contributed by atoms with Gasteiger partial charge in [0.15, 0.2) is 5.82 Å². The molecule has 234 valence electrons. The van der Waals surface area contributed by atoms with Crippen LogP contribution < -0.4 is 0 Å². The fraction of sp³-hybridized carbons (Fsp3) is 0. The first kappa shape index (κ1) is 28.2. The Bertz CT molecular complexity index is 2770. The van der Waals surface area contributed by atoms with Crippen molar-refractivity contribution in [2.75, 3.05) is 0 Å². The highest BCUT2D eigenvalue weighted by molar-refractivity contribution is 6.10. The lowest BCUT2D eigenvalue weighted by molar-refractivity contribution is 0.990. The predicted octanol–water partition coefficient (Wildman–Crippen LogP) is 11.1. The third-order valence-corrected chi connectivity index (χ3v) is 9.63. The monoisotopic (exact) mass is 639 g/mol. The Labute approximate surface area is 288 Å². The summed E-state index contributed by atoms with van der Waals surface area (Å²) in [5, 5.41) is 14.5. The van der Waals surface area contributed by atoms with Crippen LogP contribution in [0.5, 0.6) is 0 Å². The Morgan fingerprint density at radius 2 is 0.720 bits per heavy atom. The van der Waals surface area contributed by atoms with Crippen molar-refractivity contribution >= 4 is 43.6 Å². The van der Waals surface area contributed by atoms with E-state index < -0.39 is 0 Å². The first-order chi connectivity index (χ1) is 24.8. The molecule has 0 aliphatic carbocycles. The Balaban J connectivity index is 1.19. The van der Waals surface area contributed by atoms with Crippen LogP contribution in [0.3, 0.4) is 0 Å². The summed E-state index contributed by atoms with van der Waals surface area (Å²) in [6.07, 6.45) is 0. The van der Waals surface area contributed by atoms with Crippen LogP contribution in [0.1, 0.15) is 0 Å². The van der Waals surface area contributed by atoms with E-state index in [4.69, 9.17) is 10.1 Å². The molecule has 0 fully saturated rings. The zero-order valence-electron chi connectivity index (χ0n) is 27.0. The molecule has 0 aliphatic heterocycles. The first-order valence-corrected chi connectivity index (χ1v) is 16.8. The summed E-state index contributed by atoms with van der Waals surface area (Å²) in [6.45, 7) is 0. The van der Waals surface area contributed by atoms with Crippen molar-refractivity contribution in [2.45, 2.75) is 0 Å². The molecule has 5 heteroatoms. The second-order valence-electron chi connectivity index (χ2n) is 12.5. The lowest BCUT2D eigenvalue weighted by atomic mass is 10.0. The Morgan fingerprint density at radius 1 is 0.320 bits per heavy atom. The van der Waals surface area contributed by atoms with Crippen molar-refractivity contribution in [3.05, 3.63) is 176 Å². The Kier molecular flexibility index (Phi) is 6.42. The highest BCUT2D eigenvalue weighted by Gasteiger charge is 2.19. The summed E-state index contributed by atoms with van der Waals surface area (Å²) in [7, 11) is 0. The van der Waals surface area contributed by atoms with Gasteiger partial charge >= 0.3 is 0 Å². The molecule has 3 heterocycles. The second-order valence-corrected chi connectivity index (χ2v) is 12.5. The smallest absolute Gasteiger partial charge is 0.182 e. The molecule has 0 spiro atoms. The molecule has 0 unspecified atom stereocenters. The van der Waals surface area contributed by atoms with Crippen LogP contribution in [0.15, 0.2) is 176 Å². The highest BCUT2D eigenvalue weighted by atomic mass is 15.2. The lowest BCUT2D eigenvalue weighted by Gasteiger charge is -2.14. The van der Waals surface area contributed by atoms with E-state index >= 15 is 0 Å². The minimum absolute atomic E-state index is 0.588. The van der Waals surface area contributed by atoms with Gasteiger partial charge in [0.2, 0.25) is 0 Å². The fourth-order valence-electron chi connectivity index (χ4n) is 7.42. The van der Waals surface area contributed by atoms with Crippen LogP contribution >= 0.6 is 0 Å². The zero-order chi connectivity index (χ0) is 33.0. The standard InChI is InChI=1S/C45H29N5/c1-2-14-30(15-3-1)45-46-43(31-16-12-18-33(28-31)49-39-24-8-4-20-35(39)36-21-5-9-25-40(36)49)44(47-48-45)32-17-13-19-34(29-32)50-41-26-10-6-22-37(41)38-23-7-11-27-42(38)50/h1-29H. The molecule has 7 aromatic carbocycles. The van der Waals surface area contributed by atoms with Gasteiger partial charge in [-0.05, 0) is 48.5 Å². The van der Waals surface area contributed by atoms with E-state index in [1.54, 1.807) is 0 Å². The van der Waals surface area contributed by atoms with Crippen LogP contribution in [0.4, 0.5) is 0 Å². The molecule has 10 aromatic rings.